The van der Waals surface area contributed by atoms with Crippen molar-refractivity contribution in [1.29, 1.82) is 0 Å². The third kappa shape index (κ3) is 3.52. The van der Waals surface area contributed by atoms with E-state index in [-0.39, 0.29) is 10.0 Å². The van der Waals surface area contributed by atoms with Gasteiger partial charge in [0.15, 0.2) is 0 Å². The molecule has 0 atom stereocenters. The Kier molecular flexibility index (Phi) is 4.43. The predicted molar refractivity (Wildman–Crippen MR) is 62.6 cm³/mol. The zero-order valence-corrected chi connectivity index (χ0v) is 11.2. The van der Waals surface area contributed by atoms with E-state index in [4.69, 9.17) is 5.11 Å². The number of aliphatic carboxylic acids is 1. The van der Waals surface area contributed by atoms with Crippen LogP contribution in [-0.4, -0.2) is 11.1 Å². The van der Waals surface area contributed by atoms with Gasteiger partial charge in [0.2, 0.25) is 0 Å². The molecule has 1 rings (SSSR count). The Morgan fingerprint density at radius 2 is 2.00 bits per heavy atom. The highest BCUT2D eigenvalue weighted by Crippen LogP contribution is 2.38. The fourth-order valence-electron chi connectivity index (χ4n) is 1.18. The summed E-state index contributed by atoms with van der Waals surface area (Å²) < 4.78 is 28.1. The lowest BCUT2D eigenvalue weighted by Crippen LogP contribution is -2.16. The third-order valence-electron chi connectivity index (χ3n) is 1.98. The van der Waals surface area contributed by atoms with Gasteiger partial charge in [-0.1, -0.05) is 31.9 Å². The van der Waals surface area contributed by atoms with Crippen LogP contribution < -0.4 is 0 Å². The van der Waals surface area contributed by atoms with Crippen LogP contribution in [0.5, 0.6) is 0 Å². The Labute approximate surface area is 108 Å². The molecule has 0 saturated carbocycles. The van der Waals surface area contributed by atoms with Gasteiger partial charge < -0.3 is 5.11 Å². The van der Waals surface area contributed by atoms with Crippen molar-refractivity contribution in [3.8, 4) is 0 Å². The van der Waals surface area contributed by atoms with Crippen molar-refractivity contribution in [3.05, 3.63) is 32.7 Å². The number of benzene rings is 1. The number of hydrogen-bond acceptors (Lipinski definition) is 1. The van der Waals surface area contributed by atoms with Crippen molar-refractivity contribution in [1.82, 2.24) is 0 Å². The van der Waals surface area contributed by atoms with Gasteiger partial charge in [-0.3, -0.25) is 4.79 Å². The molecule has 0 aliphatic carbocycles. The first kappa shape index (κ1) is 13.6. The van der Waals surface area contributed by atoms with Crippen LogP contribution in [0.4, 0.5) is 8.78 Å². The average Bonchev–Trinajstić information content (AvgIpc) is 2.19. The Bertz CT molecular complexity index is 408. The largest absolute Gasteiger partial charge is 0.481 e. The predicted octanol–water partition coefficient (Wildman–Crippen LogP) is 4.17. The summed E-state index contributed by atoms with van der Waals surface area (Å²) in [4.78, 5) is 10.3. The van der Waals surface area contributed by atoms with Crippen LogP contribution in [0.3, 0.4) is 0 Å². The molecule has 0 amide bonds. The average molecular weight is 358 g/mol. The van der Waals surface area contributed by atoms with E-state index in [2.05, 4.69) is 31.9 Å². The number of halogens is 4. The summed E-state index contributed by atoms with van der Waals surface area (Å²) in [5.74, 6) is -4.38. The monoisotopic (exact) mass is 356 g/mol. The van der Waals surface area contributed by atoms with E-state index >= 15 is 0 Å². The molecule has 0 spiro atoms. The molecule has 1 aromatic carbocycles. The summed E-state index contributed by atoms with van der Waals surface area (Å²) >= 11 is 6.12. The van der Waals surface area contributed by atoms with Gasteiger partial charge in [0.1, 0.15) is 0 Å². The highest BCUT2D eigenvalue weighted by Gasteiger charge is 2.34. The van der Waals surface area contributed by atoms with Gasteiger partial charge >= 0.3 is 5.97 Å². The summed E-state index contributed by atoms with van der Waals surface area (Å²) in [6.45, 7) is 0. The molecule has 0 bridgehead atoms. The smallest absolute Gasteiger partial charge is 0.303 e. The molecule has 0 aromatic heterocycles. The number of carboxylic acids is 1. The van der Waals surface area contributed by atoms with Crippen LogP contribution in [0.1, 0.15) is 18.4 Å². The van der Waals surface area contributed by atoms with Crippen LogP contribution in [0, 0.1) is 0 Å². The summed E-state index contributed by atoms with van der Waals surface area (Å²) in [5.41, 5.74) is -0.205. The molecule has 0 unspecified atom stereocenters. The van der Waals surface area contributed by atoms with E-state index in [0.717, 1.165) is 0 Å². The minimum absolute atomic E-state index is 0.205. The first-order chi connectivity index (χ1) is 7.33. The van der Waals surface area contributed by atoms with Crippen molar-refractivity contribution in [2.45, 2.75) is 18.8 Å². The molecule has 1 aromatic rings. The molecule has 0 aliphatic rings. The lowest BCUT2D eigenvalue weighted by molar-refractivity contribution is -0.139. The summed E-state index contributed by atoms with van der Waals surface area (Å²) in [5, 5.41) is 8.39. The fourth-order valence-corrected chi connectivity index (χ4v) is 2.07. The van der Waals surface area contributed by atoms with Gasteiger partial charge in [-0.15, -0.1) is 0 Å². The molecule has 0 aliphatic heterocycles. The minimum Gasteiger partial charge on any atom is -0.481 e. The lowest BCUT2D eigenvalue weighted by atomic mass is 10.0. The second-order valence-corrected chi connectivity index (χ2v) is 4.99. The number of hydrogen-bond donors (Lipinski definition) is 1. The summed E-state index contributed by atoms with van der Waals surface area (Å²) in [7, 11) is 0. The van der Waals surface area contributed by atoms with Gasteiger partial charge in [0.05, 0.1) is 6.42 Å². The van der Waals surface area contributed by atoms with Crippen LogP contribution in [0.2, 0.25) is 0 Å². The van der Waals surface area contributed by atoms with Crippen molar-refractivity contribution >= 4 is 37.8 Å². The van der Waals surface area contributed by atoms with Crippen LogP contribution in [0.25, 0.3) is 0 Å². The minimum atomic E-state index is -3.15. The highest BCUT2D eigenvalue weighted by atomic mass is 79.9. The van der Waals surface area contributed by atoms with E-state index in [1.165, 1.54) is 12.1 Å². The molecule has 1 N–H and O–H groups in total. The standard InChI is InChI=1S/C10H8Br2F2O2/c11-6-1-2-8(12)7(5-6)10(13,14)4-3-9(15)16/h1-2,5H,3-4H2,(H,15,16). The molecule has 0 heterocycles. The Morgan fingerprint density at radius 3 is 2.56 bits per heavy atom. The first-order valence-corrected chi connectivity index (χ1v) is 5.96. The van der Waals surface area contributed by atoms with Crippen molar-refractivity contribution in [2.24, 2.45) is 0 Å². The molecule has 2 nitrogen and oxygen atoms in total. The SMILES string of the molecule is O=C(O)CCC(F)(F)c1cc(Br)ccc1Br. The number of rotatable bonds is 4. The highest BCUT2D eigenvalue weighted by molar-refractivity contribution is 9.11. The molecule has 0 radical (unpaired) electrons. The number of carboxylic acid groups (broad SMARTS) is 1. The maximum Gasteiger partial charge on any atom is 0.303 e. The zero-order chi connectivity index (χ0) is 12.3. The fraction of sp³-hybridized carbons (Fsp3) is 0.300. The van der Waals surface area contributed by atoms with E-state index in [1.807, 2.05) is 0 Å². The van der Waals surface area contributed by atoms with Crippen molar-refractivity contribution in [2.75, 3.05) is 0 Å². The molecule has 88 valence electrons. The molecule has 16 heavy (non-hydrogen) atoms. The van der Waals surface area contributed by atoms with E-state index in [0.29, 0.717) is 4.47 Å². The van der Waals surface area contributed by atoms with E-state index in [9.17, 15) is 13.6 Å². The normalized spacial score (nSPS) is 11.5. The van der Waals surface area contributed by atoms with Crippen molar-refractivity contribution < 1.29 is 18.7 Å². The second-order valence-electron chi connectivity index (χ2n) is 3.22. The zero-order valence-electron chi connectivity index (χ0n) is 8.01. The number of alkyl halides is 2. The maximum atomic E-state index is 13.6. The van der Waals surface area contributed by atoms with Crippen LogP contribution in [-0.2, 0) is 10.7 Å². The van der Waals surface area contributed by atoms with Gasteiger partial charge in [-0.2, -0.15) is 0 Å². The molecule has 6 heteroatoms. The van der Waals surface area contributed by atoms with Gasteiger partial charge in [0.25, 0.3) is 5.92 Å². The molecular formula is C10H8Br2F2O2. The quantitative estimate of drug-likeness (QED) is 0.878. The topological polar surface area (TPSA) is 37.3 Å². The van der Waals surface area contributed by atoms with Gasteiger partial charge in [-0.25, -0.2) is 8.78 Å². The lowest BCUT2D eigenvalue weighted by Gasteiger charge is -2.17. The van der Waals surface area contributed by atoms with E-state index < -0.39 is 24.7 Å². The maximum absolute atomic E-state index is 13.6. The second kappa shape index (κ2) is 5.23. The van der Waals surface area contributed by atoms with Crippen LogP contribution >= 0.6 is 31.9 Å². The van der Waals surface area contributed by atoms with Gasteiger partial charge in [-0.05, 0) is 18.2 Å². The Morgan fingerprint density at radius 1 is 1.38 bits per heavy atom. The summed E-state index contributed by atoms with van der Waals surface area (Å²) in [6, 6.07) is 4.40. The first-order valence-electron chi connectivity index (χ1n) is 4.38. The van der Waals surface area contributed by atoms with Gasteiger partial charge in [0, 0.05) is 20.9 Å². The molecular weight excluding hydrogens is 350 g/mol. The van der Waals surface area contributed by atoms with Crippen molar-refractivity contribution in [3.63, 3.8) is 0 Å². The Hall–Kier alpha value is -0.490. The van der Waals surface area contributed by atoms with E-state index in [1.54, 1.807) is 6.07 Å². The summed E-state index contributed by atoms with van der Waals surface area (Å²) in [6.07, 6.45) is -1.27. The molecule has 0 fully saturated rings. The third-order valence-corrected chi connectivity index (χ3v) is 3.16. The number of carbonyl (C=O) groups is 1. The Balaban J connectivity index is 2.96. The molecule has 0 saturated heterocycles. The van der Waals surface area contributed by atoms with Crippen LogP contribution in [0.15, 0.2) is 27.1 Å².